The highest BCUT2D eigenvalue weighted by Gasteiger charge is 2.62. The van der Waals surface area contributed by atoms with E-state index in [9.17, 15) is 4.39 Å². The number of rotatable bonds is 1. The van der Waals surface area contributed by atoms with Gasteiger partial charge in [0.05, 0.1) is 0 Å². The van der Waals surface area contributed by atoms with Crippen LogP contribution in [0, 0.1) is 0 Å². The first-order valence-corrected chi connectivity index (χ1v) is 6.16. The molecule has 80 valence electrons. The highest BCUT2D eigenvalue weighted by atomic mass is 19.1. The van der Waals surface area contributed by atoms with Crippen LogP contribution in [0.3, 0.4) is 0 Å². The molecule has 3 aliphatic rings. The molecule has 0 amide bonds. The molecule has 3 atom stereocenters. The summed E-state index contributed by atoms with van der Waals surface area (Å²) in [5.74, 6) is 0. The topological polar surface area (TPSA) is 3.24 Å². The quantitative estimate of drug-likeness (QED) is 0.624. The van der Waals surface area contributed by atoms with Crippen molar-refractivity contribution >= 4 is 0 Å². The molecule has 1 saturated carbocycles. The van der Waals surface area contributed by atoms with Crippen molar-refractivity contribution in [2.24, 2.45) is 0 Å². The zero-order chi connectivity index (χ0) is 9.81. The third-order valence-corrected chi connectivity index (χ3v) is 4.97. The van der Waals surface area contributed by atoms with Gasteiger partial charge >= 0.3 is 0 Å². The molecule has 0 radical (unpaired) electrons. The van der Waals surface area contributed by atoms with Crippen LogP contribution in [0.5, 0.6) is 0 Å². The fourth-order valence-electron chi connectivity index (χ4n) is 4.34. The SMILES string of the molecule is CC[C@]12CCCN1[C@@H]1CCC[C@]1(F)C2. The van der Waals surface area contributed by atoms with Gasteiger partial charge in [-0.3, -0.25) is 4.90 Å². The van der Waals surface area contributed by atoms with E-state index in [1.165, 1.54) is 12.8 Å². The lowest BCUT2D eigenvalue weighted by Crippen LogP contribution is -2.42. The van der Waals surface area contributed by atoms with Gasteiger partial charge in [-0.1, -0.05) is 6.92 Å². The normalized spacial score (nSPS) is 52.3. The first-order valence-electron chi connectivity index (χ1n) is 6.16. The Morgan fingerprint density at radius 1 is 1.36 bits per heavy atom. The lowest BCUT2D eigenvalue weighted by molar-refractivity contribution is 0.116. The molecule has 0 bridgehead atoms. The molecule has 2 heteroatoms. The summed E-state index contributed by atoms with van der Waals surface area (Å²) in [4.78, 5) is 2.53. The molecule has 0 aromatic carbocycles. The van der Waals surface area contributed by atoms with Gasteiger partial charge in [-0.25, -0.2) is 4.39 Å². The molecule has 0 aromatic rings. The Morgan fingerprint density at radius 3 is 3.00 bits per heavy atom. The van der Waals surface area contributed by atoms with E-state index >= 15 is 0 Å². The summed E-state index contributed by atoms with van der Waals surface area (Å²) in [7, 11) is 0. The third-order valence-electron chi connectivity index (χ3n) is 4.97. The lowest BCUT2D eigenvalue weighted by Gasteiger charge is -2.33. The van der Waals surface area contributed by atoms with Crippen LogP contribution in [0.1, 0.15) is 51.9 Å². The number of hydrogen-bond acceptors (Lipinski definition) is 1. The van der Waals surface area contributed by atoms with Crippen molar-refractivity contribution in [2.45, 2.75) is 69.1 Å². The van der Waals surface area contributed by atoms with Gasteiger partial charge in [0.25, 0.3) is 0 Å². The fourth-order valence-corrected chi connectivity index (χ4v) is 4.34. The summed E-state index contributed by atoms with van der Waals surface area (Å²) in [6.45, 7) is 3.40. The summed E-state index contributed by atoms with van der Waals surface area (Å²) in [6, 6.07) is 0.282. The number of fused-ring (bicyclic) bond motifs is 3. The van der Waals surface area contributed by atoms with E-state index in [4.69, 9.17) is 0 Å². The Balaban J connectivity index is 1.96. The van der Waals surface area contributed by atoms with Crippen LogP contribution >= 0.6 is 0 Å². The van der Waals surface area contributed by atoms with Gasteiger partial charge < -0.3 is 0 Å². The molecule has 0 aromatic heterocycles. The molecule has 2 heterocycles. The average Bonchev–Trinajstić information content (AvgIpc) is 2.73. The minimum atomic E-state index is -0.809. The maximum atomic E-state index is 14.6. The predicted molar refractivity (Wildman–Crippen MR) is 55.1 cm³/mol. The molecule has 0 spiro atoms. The van der Waals surface area contributed by atoms with Crippen LogP contribution in [0.25, 0.3) is 0 Å². The smallest absolute Gasteiger partial charge is 0.128 e. The van der Waals surface area contributed by atoms with Crippen LogP contribution in [0.15, 0.2) is 0 Å². The second-order valence-corrected chi connectivity index (χ2v) is 5.49. The van der Waals surface area contributed by atoms with Crippen molar-refractivity contribution in [3.8, 4) is 0 Å². The maximum absolute atomic E-state index is 14.6. The summed E-state index contributed by atoms with van der Waals surface area (Å²) in [6.07, 6.45) is 7.56. The number of alkyl halides is 1. The maximum Gasteiger partial charge on any atom is 0.128 e. The third kappa shape index (κ3) is 0.932. The first kappa shape index (κ1) is 9.14. The van der Waals surface area contributed by atoms with Crippen LogP contribution < -0.4 is 0 Å². The van der Waals surface area contributed by atoms with Crippen LogP contribution in [0.4, 0.5) is 4.39 Å². The van der Waals surface area contributed by atoms with Crippen LogP contribution in [0.2, 0.25) is 0 Å². The zero-order valence-electron chi connectivity index (χ0n) is 9.06. The van der Waals surface area contributed by atoms with Crippen molar-refractivity contribution in [3.63, 3.8) is 0 Å². The lowest BCUT2D eigenvalue weighted by atomic mass is 9.85. The van der Waals surface area contributed by atoms with Gasteiger partial charge in [-0.15, -0.1) is 0 Å². The Morgan fingerprint density at radius 2 is 2.21 bits per heavy atom. The monoisotopic (exact) mass is 197 g/mol. The molecule has 0 unspecified atom stereocenters. The Hall–Kier alpha value is -0.110. The van der Waals surface area contributed by atoms with E-state index < -0.39 is 5.67 Å². The molecule has 1 nitrogen and oxygen atoms in total. The first-order chi connectivity index (χ1) is 6.70. The van der Waals surface area contributed by atoms with Gasteiger partial charge in [0.1, 0.15) is 5.67 Å². The Labute approximate surface area is 85.7 Å². The van der Waals surface area contributed by atoms with E-state index in [-0.39, 0.29) is 11.6 Å². The number of hydrogen-bond donors (Lipinski definition) is 0. The average molecular weight is 197 g/mol. The molecule has 1 aliphatic carbocycles. The molecule has 0 N–H and O–H groups in total. The van der Waals surface area contributed by atoms with Gasteiger partial charge in [0.2, 0.25) is 0 Å². The van der Waals surface area contributed by atoms with E-state index in [1.54, 1.807) is 0 Å². The summed E-state index contributed by atoms with van der Waals surface area (Å²) in [5, 5.41) is 0. The number of halogens is 1. The van der Waals surface area contributed by atoms with E-state index in [1.807, 2.05) is 0 Å². The minimum Gasteiger partial charge on any atom is -0.291 e. The zero-order valence-corrected chi connectivity index (χ0v) is 9.06. The molecule has 2 aliphatic heterocycles. The second kappa shape index (κ2) is 2.72. The predicted octanol–water partition coefficient (Wildman–Crippen LogP) is 2.90. The van der Waals surface area contributed by atoms with Crippen LogP contribution in [-0.4, -0.2) is 28.7 Å². The van der Waals surface area contributed by atoms with Crippen molar-refractivity contribution in [2.75, 3.05) is 6.54 Å². The Bertz CT molecular complexity index is 255. The second-order valence-electron chi connectivity index (χ2n) is 5.49. The summed E-state index contributed by atoms with van der Waals surface area (Å²) >= 11 is 0. The summed E-state index contributed by atoms with van der Waals surface area (Å²) in [5.41, 5.74) is -0.545. The van der Waals surface area contributed by atoms with Crippen molar-refractivity contribution in [1.82, 2.24) is 4.90 Å². The largest absolute Gasteiger partial charge is 0.291 e. The summed E-state index contributed by atoms with van der Waals surface area (Å²) < 4.78 is 14.6. The fraction of sp³-hybridized carbons (Fsp3) is 1.00. The molecular weight excluding hydrogens is 177 g/mol. The van der Waals surface area contributed by atoms with Crippen LogP contribution in [-0.2, 0) is 0 Å². The molecule has 14 heavy (non-hydrogen) atoms. The van der Waals surface area contributed by atoms with E-state index in [2.05, 4.69) is 11.8 Å². The highest BCUT2D eigenvalue weighted by Crippen LogP contribution is 2.56. The van der Waals surface area contributed by atoms with E-state index in [0.29, 0.717) is 0 Å². The molecule has 3 rings (SSSR count). The van der Waals surface area contributed by atoms with Gasteiger partial charge in [-0.05, 0) is 45.1 Å². The van der Waals surface area contributed by atoms with E-state index in [0.717, 1.165) is 38.6 Å². The van der Waals surface area contributed by atoms with Crippen molar-refractivity contribution in [3.05, 3.63) is 0 Å². The minimum absolute atomic E-state index is 0.264. The molecular formula is C12H20FN. The van der Waals surface area contributed by atoms with Crippen molar-refractivity contribution < 1.29 is 4.39 Å². The molecule has 3 fully saturated rings. The Kier molecular flexibility index (Phi) is 1.77. The van der Waals surface area contributed by atoms with Gasteiger partial charge in [-0.2, -0.15) is 0 Å². The van der Waals surface area contributed by atoms with Crippen molar-refractivity contribution in [1.29, 1.82) is 0 Å². The van der Waals surface area contributed by atoms with Gasteiger partial charge in [0.15, 0.2) is 0 Å². The standard InChI is InChI=1S/C12H20FN/c1-2-11-6-4-8-14(11)10-5-3-7-12(10,13)9-11/h10H,2-9H2,1H3/t10-,11-,12+/m1/s1. The molecule has 2 saturated heterocycles. The number of nitrogens with zero attached hydrogens (tertiary/aromatic N) is 1. The van der Waals surface area contributed by atoms with Gasteiger partial charge in [0, 0.05) is 18.0 Å². The highest BCUT2D eigenvalue weighted by molar-refractivity contribution is 5.16.